The van der Waals surface area contributed by atoms with Gasteiger partial charge in [0, 0.05) is 10.4 Å². The number of rotatable bonds is 3. The monoisotopic (exact) mass is 464 g/mol. The second-order valence-electron chi connectivity index (χ2n) is 7.43. The van der Waals surface area contributed by atoms with E-state index in [-0.39, 0.29) is 17.4 Å². The Balaban J connectivity index is 1.62. The normalized spacial score (nSPS) is 25.5. The lowest BCUT2D eigenvalue weighted by Gasteiger charge is -2.45. The second kappa shape index (κ2) is 7.17. The molecule has 2 aromatic rings. The van der Waals surface area contributed by atoms with E-state index in [2.05, 4.69) is 25.9 Å². The topological polar surface area (TPSA) is 77.0 Å². The van der Waals surface area contributed by atoms with Crippen LogP contribution in [0.5, 0.6) is 5.75 Å². The van der Waals surface area contributed by atoms with E-state index in [0.717, 1.165) is 21.3 Å². The molecule has 0 saturated carbocycles. The molecule has 2 aromatic carbocycles. The SMILES string of the molecule is Cc1ccc(S(=O)(=O)NN=C2COC[C@]3(C)Oc4ccc(Br)cc4C[C@@H]23)cc1. The van der Waals surface area contributed by atoms with Gasteiger partial charge in [-0.2, -0.15) is 13.5 Å². The van der Waals surface area contributed by atoms with Gasteiger partial charge in [0.2, 0.25) is 0 Å². The molecule has 1 fully saturated rings. The number of hydrogen-bond donors (Lipinski definition) is 1. The summed E-state index contributed by atoms with van der Waals surface area (Å²) in [5, 5.41) is 4.24. The first-order chi connectivity index (χ1) is 13.3. The quantitative estimate of drug-likeness (QED) is 0.705. The number of nitrogens with one attached hydrogen (secondary N) is 1. The van der Waals surface area contributed by atoms with Crippen molar-refractivity contribution in [2.45, 2.75) is 30.8 Å². The predicted molar refractivity (Wildman–Crippen MR) is 110 cm³/mol. The van der Waals surface area contributed by atoms with E-state index >= 15 is 0 Å². The van der Waals surface area contributed by atoms with Crippen LogP contribution >= 0.6 is 15.9 Å². The Morgan fingerprint density at radius 1 is 1.21 bits per heavy atom. The minimum Gasteiger partial charge on any atom is -0.484 e. The van der Waals surface area contributed by atoms with Crippen molar-refractivity contribution in [3.8, 4) is 5.75 Å². The van der Waals surface area contributed by atoms with Gasteiger partial charge in [-0.3, -0.25) is 0 Å². The van der Waals surface area contributed by atoms with Gasteiger partial charge in [0.25, 0.3) is 10.0 Å². The molecule has 6 nitrogen and oxygen atoms in total. The van der Waals surface area contributed by atoms with Gasteiger partial charge in [-0.1, -0.05) is 33.6 Å². The molecular weight excluding hydrogens is 444 g/mol. The Morgan fingerprint density at radius 2 is 1.96 bits per heavy atom. The van der Waals surface area contributed by atoms with E-state index in [0.29, 0.717) is 18.7 Å². The Kier molecular flexibility index (Phi) is 4.97. The molecule has 148 valence electrons. The first kappa shape index (κ1) is 19.4. The molecule has 0 radical (unpaired) electrons. The lowest BCUT2D eigenvalue weighted by atomic mass is 9.77. The fourth-order valence-corrected chi connectivity index (χ4v) is 4.87. The van der Waals surface area contributed by atoms with Crippen LogP contribution in [0.3, 0.4) is 0 Å². The Morgan fingerprint density at radius 3 is 2.71 bits per heavy atom. The van der Waals surface area contributed by atoms with E-state index in [9.17, 15) is 8.42 Å². The maximum Gasteiger partial charge on any atom is 0.276 e. The highest BCUT2D eigenvalue weighted by atomic mass is 79.9. The first-order valence-electron chi connectivity index (χ1n) is 8.97. The summed E-state index contributed by atoms with van der Waals surface area (Å²) < 4.78 is 38.0. The van der Waals surface area contributed by atoms with Crippen LogP contribution in [0.2, 0.25) is 0 Å². The van der Waals surface area contributed by atoms with Gasteiger partial charge in [0.1, 0.15) is 11.4 Å². The average Bonchev–Trinajstić information content (AvgIpc) is 2.65. The van der Waals surface area contributed by atoms with Crippen LogP contribution < -0.4 is 9.57 Å². The van der Waals surface area contributed by atoms with Crippen LogP contribution in [0.1, 0.15) is 18.1 Å². The van der Waals surface area contributed by atoms with Crippen LogP contribution in [0, 0.1) is 12.8 Å². The Bertz CT molecular complexity index is 1040. The molecule has 4 rings (SSSR count). The molecule has 2 heterocycles. The molecule has 0 unspecified atom stereocenters. The summed E-state index contributed by atoms with van der Waals surface area (Å²) in [6.07, 6.45) is 0.708. The van der Waals surface area contributed by atoms with Crippen molar-refractivity contribution in [3.05, 3.63) is 58.1 Å². The van der Waals surface area contributed by atoms with Gasteiger partial charge in [-0.15, -0.1) is 0 Å². The third-order valence-electron chi connectivity index (χ3n) is 5.21. The molecule has 1 saturated heterocycles. The first-order valence-corrected chi connectivity index (χ1v) is 11.2. The highest BCUT2D eigenvalue weighted by Crippen LogP contribution is 2.40. The number of sulfonamides is 1. The molecular formula is C20H21BrN2O4S. The second-order valence-corrected chi connectivity index (χ2v) is 10.0. The fraction of sp³-hybridized carbons (Fsp3) is 0.350. The van der Waals surface area contributed by atoms with E-state index < -0.39 is 15.6 Å². The number of nitrogens with zero attached hydrogens (tertiary/aromatic N) is 1. The van der Waals surface area contributed by atoms with Crippen molar-refractivity contribution in [2.24, 2.45) is 11.0 Å². The lowest BCUT2D eigenvalue weighted by molar-refractivity contribution is -0.0562. The molecule has 1 N–H and O–H groups in total. The maximum absolute atomic E-state index is 12.6. The Labute approximate surface area is 173 Å². The van der Waals surface area contributed by atoms with Crippen molar-refractivity contribution >= 4 is 31.7 Å². The molecule has 2 aliphatic heterocycles. The lowest BCUT2D eigenvalue weighted by Crippen LogP contribution is -2.56. The van der Waals surface area contributed by atoms with Crippen LogP contribution in [-0.2, 0) is 21.2 Å². The number of hydrogen-bond acceptors (Lipinski definition) is 5. The molecule has 2 aliphatic rings. The van der Waals surface area contributed by atoms with E-state index in [1.165, 1.54) is 0 Å². The van der Waals surface area contributed by atoms with Gasteiger partial charge in [-0.05, 0) is 56.2 Å². The summed E-state index contributed by atoms with van der Waals surface area (Å²) in [5.74, 6) is 0.746. The van der Waals surface area contributed by atoms with E-state index in [1.54, 1.807) is 24.3 Å². The van der Waals surface area contributed by atoms with Crippen molar-refractivity contribution in [3.63, 3.8) is 0 Å². The zero-order valence-corrected chi connectivity index (χ0v) is 18.0. The van der Waals surface area contributed by atoms with Crippen molar-refractivity contribution in [2.75, 3.05) is 13.2 Å². The summed E-state index contributed by atoms with van der Waals surface area (Å²) in [6.45, 7) is 4.58. The summed E-state index contributed by atoms with van der Waals surface area (Å²) >= 11 is 3.49. The van der Waals surface area contributed by atoms with Gasteiger partial charge >= 0.3 is 0 Å². The van der Waals surface area contributed by atoms with Crippen LogP contribution in [0.25, 0.3) is 0 Å². The number of aryl methyl sites for hydroxylation is 1. The third-order valence-corrected chi connectivity index (χ3v) is 6.93. The summed E-state index contributed by atoms with van der Waals surface area (Å²) in [4.78, 5) is 2.54. The van der Waals surface area contributed by atoms with Crippen LogP contribution in [0.15, 0.2) is 56.9 Å². The van der Waals surface area contributed by atoms with Crippen molar-refractivity contribution in [1.82, 2.24) is 4.83 Å². The molecule has 0 amide bonds. The maximum atomic E-state index is 12.6. The van der Waals surface area contributed by atoms with Crippen LogP contribution in [0.4, 0.5) is 0 Å². The highest BCUT2D eigenvalue weighted by molar-refractivity contribution is 9.10. The minimum atomic E-state index is -3.74. The van der Waals surface area contributed by atoms with Gasteiger partial charge in [0.15, 0.2) is 0 Å². The number of fused-ring (bicyclic) bond motifs is 2. The van der Waals surface area contributed by atoms with Gasteiger partial charge in [-0.25, -0.2) is 4.83 Å². The van der Waals surface area contributed by atoms with Crippen molar-refractivity contribution < 1.29 is 17.9 Å². The minimum absolute atomic E-state index is 0.0798. The average molecular weight is 465 g/mol. The number of halogens is 1. The standard InChI is InChI=1S/C20H21BrN2O4S/c1-13-3-6-16(7-4-13)28(24,25)23-22-18-11-26-12-20(2)17(18)10-14-9-15(21)5-8-19(14)27-20/h3-9,17,23H,10-12H2,1-2H3/t17-,20-/m0/s1. The van der Waals surface area contributed by atoms with E-state index in [1.807, 2.05) is 32.0 Å². The van der Waals surface area contributed by atoms with Crippen molar-refractivity contribution in [1.29, 1.82) is 0 Å². The fourth-order valence-electron chi connectivity index (χ4n) is 3.62. The smallest absolute Gasteiger partial charge is 0.276 e. The Hall–Kier alpha value is -1.90. The predicted octanol–water partition coefficient (Wildman–Crippen LogP) is 3.43. The largest absolute Gasteiger partial charge is 0.484 e. The van der Waals surface area contributed by atoms with E-state index in [4.69, 9.17) is 9.47 Å². The number of ether oxygens (including phenoxy) is 2. The molecule has 28 heavy (non-hydrogen) atoms. The molecule has 8 heteroatoms. The molecule has 0 aliphatic carbocycles. The molecule has 0 bridgehead atoms. The van der Waals surface area contributed by atoms with Crippen LogP contribution in [-0.4, -0.2) is 32.9 Å². The van der Waals surface area contributed by atoms with Gasteiger partial charge < -0.3 is 9.47 Å². The third kappa shape index (κ3) is 3.68. The number of hydrazone groups is 1. The molecule has 0 spiro atoms. The van der Waals surface area contributed by atoms with Gasteiger partial charge in [0.05, 0.1) is 23.8 Å². The summed E-state index contributed by atoms with van der Waals surface area (Å²) in [7, 11) is -3.74. The summed E-state index contributed by atoms with van der Waals surface area (Å²) in [6, 6.07) is 12.5. The molecule has 0 aromatic heterocycles. The zero-order valence-electron chi connectivity index (χ0n) is 15.6. The molecule has 2 atom stereocenters. The highest BCUT2D eigenvalue weighted by Gasteiger charge is 2.47. The zero-order chi connectivity index (χ0) is 19.9. The number of benzene rings is 2. The summed E-state index contributed by atoms with van der Waals surface area (Å²) in [5.41, 5.74) is 2.10.